The van der Waals surface area contributed by atoms with Crippen LogP contribution in [-0.2, 0) is 12.8 Å². The molecule has 0 aromatic heterocycles. The van der Waals surface area contributed by atoms with Crippen LogP contribution >= 0.6 is 0 Å². The quantitative estimate of drug-likeness (QED) is 0.709. The van der Waals surface area contributed by atoms with Crippen molar-refractivity contribution in [1.82, 2.24) is 0 Å². The molecule has 0 saturated carbocycles. The van der Waals surface area contributed by atoms with Crippen LogP contribution in [0.25, 0.3) is 0 Å². The lowest BCUT2D eigenvalue weighted by Crippen LogP contribution is -2.21. The molecule has 0 radical (unpaired) electrons. The zero-order valence-electron chi connectivity index (χ0n) is 11.7. The second-order valence-electron chi connectivity index (χ2n) is 5.13. The number of hydrogen-bond acceptors (Lipinski definition) is 2. The Morgan fingerprint density at radius 2 is 1.05 bits per heavy atom. The summed E-state index contributed by atoms with van der Waals surface area (Å²) < 4.78 is 0. The lowest BCUT2D eigenvalue weighted by Gasteiger charge is -2.18. The Morgan fingerprint density at radius 1 is 0.650 bits per heavy atom. The van der Waals surface area contributed by atoms with Gasteiger partial charge < -0.3 is 0 Å². The van der Waals surface area contributed by atoms with Crippen LogP contribution in [-0.4, -0.2) is 11.6 Å². The van der Waals surface area contributed by atoms with Gasteiger partial charge >= 0.3 is 0 Å². The molecule has 0 aliphatic heterocycles. The number of rotatable bonds is 2. The minimum absolute atomic E-state index is 0.0347. The number of fused-ring (bicyclic) bond motifs is 2. The number of benzene rings is 2. The third-order valence-electron chi connectivity index (χ3n) is 3.96. The summed E-state index contributed by atoms with van der Waals surface area (Å²) in [6.07, 6.45) is 1.72. The van der Waals surface area contributed by atoms with Crippen LogP contribution in [0.1, 0.15) is 56.8 Å². The van der Waals surface area contributed by atoms with E-state index in [-0.39, 0.29) is 11.6 Å². The molecule has 2 aromatic rings. The first-order valence-electron chi connectivity index (χ1n) is 7.01. The van der Waals surface area contributed by atoms with Gasteiger partial charge in [0, 0.05) is 22.3 Å². The number of hydrogen-bond donors (Lipinski definition) is 0. The fraction of sp³-hybridized carbons (Fsp3) is 0.222. The zero-order chi connectivity index (χ0) is 14.3. The van der Waals surface area contributed by atoms with E-state index < -0.39 is 0 Å². The molecule has 0 amide bonds. The molecule has 0 saturated heterocycles. The lowest BCUT2D eigenvalue weighted by molar-refractivity contribution is 0.0979. The molecule has 0 bridgehead atoms. The van der Waals surface area contributed by atoms with Crippen LogP contribution in [0.5, 0.6) is 0 Å². The summed E-state index contributed by atoms with van der Waals surface area (Å²) in [5.41, 5.74) is 4.33. The van der Waals surface area contributed by atoms with Crippen molar-refractivity contribution < 1.29 is 9.59 Å². The van der Waals surface area contributed by atoms with Crippen molar-refractivity contribution in [3.05, 3.63) is 69.8 Å². The molecular formula is C18H16O2. The Kier molecular flexibility index (Phi) is 3.01. The summed E-state index contributed by atoms with van der Waals surface area (Å²) >= 11 is 0. The van der Waals surface area contributed by atoms with E-state index in [9.17, 15) is 9.59 Å². The molecule has 2 heteroatoms. The van der Waals surface area contributed by atoms with Gasteiger partial charge in [-0.1, -0.05) is 38.1 Å². The van der Waals surface area contributed by atoms with Gasteiger partial charge in [-0.2, -0.15) is 0 Å². The van der Waals surface area contributed by atoms with Gasteiger partial charge in [0.25, 0.3) is 0 Å². The molecule has 0 unspecified atom stereocenters. The normalized spacial score (nSPS) is 13.1. The third-order valence-corrected chi connectivity index (χ3v) is 3.96. The van der Waals surface area contributed by atoms with Crippen LogP contribution in [0.3, 0.4) is 0 Å². The van der Waals surface area contributed by atoms with E-state index in [1.807, 2.05) is 38.1 Å². The SMILES string of the molecule is CCc1ccc2c(c1)C(=O)c1ccc(CC)cc1C2=O. The fourth-order valence-corrected chi connectivity index (χ4v) is 2.68. The average Bonchev–Trinajstić information content (AvgIpc) is 2.51. The molecule has 3 rings (SSSR count). The largest absolute Gasteiger partial charge is 0.289 e. The minimum Gasteiger partial charge on any atom is -0.289 e. The highest BCUT2D eigenvalue weighted by Crippen LogP contribution is 2.29. The second kappa shape index (κ2) is 4.71. The van der Waals surface area contributed by atoms with Crippen molar-refractivity contribution in [3.63, 3.8) is 0 Å². The van der Waals surface area contributed by atoms with Gasteiger partial charge in [-0.15, -0.1) is 0 Å². The molecule has 1 aliphatic carbocycles. The predicted molar refractivity (Wildman–Crippen MR) is 78.5 cm³/mol. The van der Waals surface area contributed by atoms with E-state index in [0.717, 1.165) is 24.0 Å². The molecule has 2 aromatic carbocycles. The summed E-state index contributed by atoms with van der Waals surface area (Å²) in [4.78, 5) is 25.1. The molecule has 0 N–H and O–H groups in total. The fourth-order valence-electron chi connectivity index (χ4n) is 2.68. The molecule has 0 fully saturated rings. The van der Waals surface area contributed by atoms with Crippen LogP contribution in [0.15, 0.2) is 36.4 Å². The monoisotopic (exact) mass is 264 g/mol. The van der Waals surface area contributed by atoms with Crippen LogP contribution in [0, 0.1) is 0 Å². The maximum Gasteiger partial charge on any atom is 0.194 e. The van der Waals surface area contributed by atoms with Crippen LogP contribution in [0.4, 0.5) is 0 Å². The first kappa shape index (κ1) is 12.8. The molecule has 2 nitrogen and oxygen atoms in total. The van der Waals surface area contributed by atoms with Crippen molar-refractivity contribution >= 4 is 11.6 Å². The smallest absolute Gasteiger partial charge is 0.194 e. The minimum atomic E-state index is -0.0347. The highest BCUT2D eigenvalue weighted by Gasteiger charge is 2.29. The molecule has 100 valence electrons. The van der Waals surface area contributed by atoms with E-state index in [0.29, 0.717) is 22.3 Å². The first-order chi connectivity index (χ1) is 9.65. The maximum atomic E-state index is 12.6. The van der Waals surface area contributed by atoms with Gasteiger partial charge in [-0.25, -0.2) is 0 Å². The summed E-state index contributed by atoms with van der Waals surface area (Å²) in [5, 5.41) is 0. The third kappa shape index (κ3) is 1.80. The number of carbonyl (C=O) groups excluding carboxylic acids is 2. The zero-order valence-corrected chi connectivity index (χ0v) is 11.7. The van der Waals surface area contributed by atoms with E-state index in [2.05, 4.69) is 0 Å². The molecular weight excluding hydrogens is 248 g/mol. The van der Waals surface area contributed by atoms with E-state index in [4.69, 9.17) is 0 Å². The first-order valence-corrected chi connectivity index (χ1v) is 7.01. The van der Waals surface area contributed by atoms with E-state index in [1.165, 1.54) is 0 Å². The lowest BCUT2D eigenvalue weighted by atomic mass is 9.82. The predicted octanol–water partition coefficient (Wildman–Crippen LogP) is 3.59. The van der Waals surface area contributed by atoms with Crippen LogP contribution in [0.2, 0.25) is 0 Å². The highest BCUT2D eigenvalue weighted by molar-refractivity contribution is 6.28. The number of carbonyl (C=O) groups is 2. The topological polar surface area (TPSA) is 34.1 Å². The van der Waals surface area contributed by atoms with Crippen molar-refractivity contribution in [2.75, 3.05) is 0 Å². The summed E-state index contributed by atoms with van der Waals surface area (Å²) in [7, 11) is 0. The standard InChI is InChI=1S/C18H16O2/c1-3-11-5-7-13-15(9-11)17(19)14-8-6-12(4-2)10-16(14)18(13)20/h5-10H,3-4H2,1-2H3. The Bertz CT molecular complexity index is 663. The van der Waals surface area contributed by atoms with Gasteiger partial charge in [0.15, 0.2) is 11.6 Å². The van der Waals surface area contributed by atoms with Gasteiger partial charge in [-0.05, 0) is 36.1 Å². The van der Waals surface area contributed by atoms with Crippen molar-refractivity contribution in [3.8, 4) is 0 Å². The Morgan fingerprint density at radius 3 is 1.40 bits per heavy atom. The van der Waals surface area contributed by atoms with E-state index in [1.54, 1.807) is 12.1 Å². The van der Waals surface area contributed by atoms with Gasteiger partial charge in [0.1, 0.15) is 0 Å². The van der Waals surface area contributed by atoms with Gasteiger partial charge in [-0.3, -0.25) is 9.59 Å². The van der Waals surface area contributed by atoms with Gasteiger partial charge in [0.2, 0.25) is 0 Å². The average molecular weight is 264 g/mol. The highest BCUT2D eigenvalue weighted by atomic mass is 16.1. The Hall–Kier alpha value is -2.22. The van der Waals surface area contributed by atoms with Crippen molar-refractivity contribution in [2.45, 2.75) is 26.7 Å². The summed E-state index contributed by atoms with van der Waals surface area (Å²) in [6.45, 7) is 4.08. The Labute approximate surface area is 118 Å². The molecule has 0 atom stereocenters. The van der Waals surface area contributed by atoms with Crippen LogP contribution < -0.4 is 0 Å². The number of ketones is 2. The summed E-state index contributed by atoms with van der Waals surface area (Å²) in [5.74, 6) is -0.0693. The second-order valence-corrected chi connectivity index (χ2v) is 5.13. The molecule has 1 aliphatic rings. The molecule has 20 heavy (non-hydrogen) atoms. The summed E-state index contributed by atoms with van der Waals surface area (Å²) in [6, 6.07) is 11.1. The Balaban J connectivity index is 2.22. The number of aryl methyl sites for hydroxylation is 2. The maximum absolute atomic E-state index is 12.6. The van der Waals surface area contributed by atoms with Crippen molar-refractivity contribution in [1.29, 1.82) is 0 Å². The molecule has 0 heterocycles. The van der Waals surface area contributed by atoms with Gasteiger partial charge in [0.05, 0.1) is 0 Å². The van der Waals surface area contributed by atoms with Crippen molar-refractivity contribution in [2.24, 2.45) is 0 Å². The van der Waals surface area contributed by atoms with E-state index >= 15 is 0 Å². The molecule has 0 spiro atoms.